The first-order chi connectivity index (χ1) is 12.7. The van der Waals surface area contributed by atoms with E-state index in [-0.39, 0.29) is 0 Å². The smallest absolute Gasteiger partial charge is 0.336 e. The molecule has 0 spiro atoms. The number of hydrogen-bond acceptors (Lipinski definition) is 5. The van der Waals surface area contributed by atoms with E-state index in [4.69, 9.17) is 18.6 Å². The van der Waals surface area contributed by atoms with E-state index in [0.29, 0.717) is 29.3 Å². The molecule has 3 rings (SSSR count). The molecule has 0 atom stereocenters. The highest BCUT2D eigenvalue weighted by Gasteiger charge is 2.29. The third kappa shape index (κ3) is 3.78. The van der Waals surface area contributed by atoms with Crippen molar-refractivity contribution in [2.45, 2.75) is 45.8 Å². The summed E-state index contributed by atoms with van der Waals surface area (Å²) in [7, 11) is 1.60. The molecule has 1 aromatic heterocycles. The maximum Gasteiger partial charge on any atom is 0.336 e. The Balaban J connectivity index is 2.32. The van der Waals surface area contributed by atoms with Gasteiger partial charge in [-0.05, 0) is 58.9 Å². The van der Waals surface area contributed by atoms with Gasteiger partial charge in [-0.3, -0.25) is 0 Å². The van der Waals surface area contributed by atoms with Gasteiger partial charge in [-0.15, -0.1) is 0 Å². The second-order valence-electron chi connectivity index (χ2n) is 7.60. The number of fused-ring (bicyclic) bond motifs is 3. The van der Waals surface area contributed by atoms with Gasteiger partial charge >= 0.3 is 5.63 Å². The summed E-state index contributed by atoms with van der Waals surface area (Å²) in [6.07, 6.45) is 7.80. The van der Waals surface area contributed by atoms with E-state index in [9.17, 15) is 4.79 Å². The predicted octanol–water partition coefficient (Wildman–Crippen LogP) is 4.81. The number of hydrogen-bond donors (Lipinski definition) is 0. The second kappa shape index (κ2) is 6.89. The van der Waals surface area contributed by atoms with Gasteiger partial charge < -0.3 is 18.6 Å². The Morgan fingerprint density at radius 1 is 1.26 bits per heavy atom. The molecule has 5 heteroatoms. The quantitative estimate of drug-likeness (QED) is 0.707. The van der Waals surface area contributed by atoms with Crippen LogP contribution in [0.3, 0.4) is 0 Å². The normalized spacial score (nSPS) is 15.8. The van der Waals surface area contributed by atoms with E-state index < -0.39 is 16.8 Å². The fourth-order valence-corrected chi connectivity index (χ4v) is 3.21. The van der Waals surface area contributed by atoms with Crippen LogP contribution >= 0.6 is 0 Å². The Labute approximate surface area is 159 Å². The molecule has 1 aliphatic rings. The zero-order valence-electron chi connectivity index (χ0n) is 16.7. The van der Waals surface area contributed by atoms with Gasteiger partial charge in [-0.1, -0.05) is 6.08 Å². The average Bonchev–Trinajstić information content (AvgIpc) is 2.58. The van der Waals surface area contributed by atoms with E-state index in [1.165, 1.54) is 6.07 Å². The third-order valence-electron chi connectivity index (χ3n) is 4.44. The van der Waals surface area contributed by atoms with Crippen LogP contribution in [-0.2, 0) is 4.74 Å². The van der Waals surface area contributed by atoms with Crippen LogP contribution in [0, 0.1) is 0 Å². The second-order valence-corrected chi connectivity index (χ2v) is 7.60. The van der Waals surface area contributed by atoms with Crippen molar-refractivity contribution >= 4 is 23.1 Å². The number of rotatable bonds is 5. The summed E-state index contributed by atoms with van der Waals surface area (Å²) in [6.45, 7) is 10.4. The van der Waals surface area contributed by atoms with Gasteiger partial charge in [0.25, 0.3) is 0 Å². The minimum atomic E-state index is -0.467. The van der Waals surface area contributed by atoms with Crippen molar-refractivity contribution in [1.29, 1.82) is 0 Å². The Kier molecular flexibility index (Phi) is 4.91. The van der Waals surface area contributed by atoms with Gasteiger partial charge in [0.1, 0.15) is 17.1 Å². The number of benzene rings is 1. The summed E-state index contributed by atoms with van der Waals surface area (Å²) >= 11 is 0. The lowest BCUT2D eigenvalue weighted by molar-refractivity contribution is 0.0291. The van der Waals surface area contributed by atoms with Gasteiger partial charge in [0.15, 0.2) is 5.58 Å². The Hall–Kier alpha value is -2.53. The molecule has 27 heavy (non-hydrogen) atoms. The van der Waals surface area contributed by atoms with Crippen molar-refractivity contribution in [1.82, 2.24) is 0 Å². The fraction of sp³-hybridized carbons (Fsp3) is 0.409. The van der Waals surface area contributed by atoms with Crippen LogP contribution < -0.4 is 15.1 Å². The third-order valence-corrected chi connectivity index (χ3v) is 4.44. The highest BCUT2D eigenvalue weighted by molar-refractivity contribution is 5.98. The molecule has 1 aromatic carbocycles. The summed E-state index contributed by atoms with van der Waals surface area (Å²) in [4.78, 5) is 11.9. The first-order valence-electron chi connectivity index (χ1n) is 9.06. The van der Waals surface area contributed by atoms with Crippen LogP contribution in [0.1, 0.15) is 45.7 Å². The van der Waals surface area contributed by atoms with Gasteiger partial charge in [0.2, 0.25) is 0 Å². The zero-order valence-corrected chi connectivity index (χ0v) is 16.7. The van der Waals surface area contributed by atoms with E-state index in [2.05, 4.69) is 0 Å². The van der Waals surface area contributed by atoms with Gasteiger partial charge in [0.05, 0.1) is 29.2 Å². The summed E-state index contributed by atoms with van der Waals surface area (Å²) < 4.78 is 23.2. The van der Waals surface area contributed by atoms with E-state index in [1.807, 2.05) is 58.9 Å². The van der Waals surface area contributed by atoms with Crippen molar-refractivity contribution < 1.29 is 18.6 Å². The van der Waals surface area contributed by atoms with Crippen LogP contribution in [0.25, 0.3) is 23.1 Å². The van der Waals surface area contributed by atoms with Crippen LogP contribution in [0.2, 0.25) is 0 Å². The molecule has 0 fully saturated rings. The molecule has 0 saturated heterocycles. The molecule has 0 aliphatic carbocycles. The molecular weight excluding hydrogens is 344 g/mol. The summed E-state index contributed by atoms with van der Waals surface area (Å²) in [5, 5.41) is 0.733. The lowest BCUT2D eigenvalue weighted by atomic mass is 9.95. The predicted molar refractivity (Wildman–Crippen MR) is 108 cm³/mol. The Morgan fingerprint density at radius 2 is 2.00 bits per heavy atom. The van der Waals surface area contributed by atoms with Crippen molar-refractivity contribution in [2.75, 3.05) is 13.7 Å². The van der Waals surface area contributed by atoms with Crippen LogP contribution in [0.15, 0.2) is 33.5 Å². The summed E-state index contributed by atoms with van der Waals surface area (Å²) in [6, 6.07) is 3.14. The molecule has 5 nitrogen and oxygen atoms in total. The molecule has 144 valence electrons. The van der Waals surface area contributed by atoms with Gasteiger partial charge in [-0.25, -0.2) is 4.79 Å². The maximum absolute atomic E-state index is 11.9. The molecule has 1 aliphatic heterocycles. The Morgan fingerprint density at radius 3 is 2.67 bits per heavy atom. The number of ether oxygens (including phenoxy) is 3. The highest BCUT2D eigenvalue weighted by atomic mass is 16.5. The van der Waals surface area contributed by atoms with E-state index in [1.54, 1.807) is 13.2 Å². The monoisotopic (exact) mass is 370 g/mol. The lowest BCUT2D eigenvalue weighted by Gasteiger charge is -2.30. The largest absolute Gasteiger partial charge is 0.495 e. The standard InChI is InChI=1S/C22H26O5/c1-7-25-21(2,3)12-10-15-18(24-6)16-11-13-22(4,5)27-20(16)14-8-9-17(23)26-19(14)15/h8-13H,7H2,1-6H3. The highest BCUT2D eigenvalue weighted by Crippen LogP contribution is 2.45. The molecule has 0 saturated carbocycles. The van der Waals surface area contributed by atoms with Crippen LogP contribution in [0.5, 0.6) is 11.5 Å². The number of methoxy groups -OCH3 is 1. The molecular formula is C22H26O5. The zero-order chi connectivity index (χ0) is 19.8. The molecule has 2 heterocycles. The first-order valence-corrected chi connectivity index (χ1v) is 9.06. The fourth-order valence-electron chi connectivity index (χ4n) is 3.21. The summed E-state index contributed by atoms with van der Waals surface area (Å²) in [5.74, 6) is 1.25. The molecule has 0 bridgehead atoms. The molecule has 0 unspecified atom stereocenters. The minimum absolute atomic E-state index is 0.422. The minimum Gasteiger partial charge on any atom is -0.495 e. The van der Waals surface area contributed by atoms with Crippen LogP contribution in [0.4, 0.5) is 0 Å². The van der Waals surface area contributed by atoms with Crippen LogP contribution in [-0.4, -0.2) is 24.9 Å². The van der Waals surface area contributed by atoms with E-state index in [0.717, 1.165) is 10.9 Å². The summed E-state index contributed by atoms with van der Waals surface area (Å²) in [5.41, 5.74) is 0.596. The molecule has 0 amide bonds. The molecule has 0 radical (unpaired) electrons. The lowest BCUT2D eigenvalue weighted by Crippen LogP contribution is -2.28. The maximum atomic E-state index is 11.9. The van der Waals surface area contributed by atoms with E-state index >= 15 is 0 Å². The van der Waals surface area contributed by atoms with Gasteiger partial charge in [-0.2, -0.15) is 0 Å². The SMILES string of the molecule is CCOC(C)(C)C=Cc1c(OC)c2c(c3ccc(=O)oc13)OC(C)(C)C=C2. The topological polar surface area (TPSA) is 57.9 Å². The van der Waals surface area contributed by atoms with Gasteiger partial charge in [0, 0.05) is 12.7 Å². The van der Waals surface area contributed by atoms with Crippen molar-refractivity contribution in [2.24, 2.45) is 0 Å². The average molecular weight is 370 g/mol. The van der Waals surface area contributed by atoms with Crippen molar-refractivity contribution in [3.63, 3.8) is 0 Å². The molecule has 0 N–H and O–H groups in total. The molecule has 2 aromatic rings. The Bertz CT molecular complexity index is 976. The first kappa shape index (κ1) is 19.2. The van der Waals surface area contributed by atoms with Crippen molar-refractivity contribution in [3.8, 4) is 11.5 Å². The van der Waals surface area contributed by atoms with Crippen molar-refractivity contribution in [3.05, 3.63) is 45.8 Å².